The normalized spacial score (nSPS) is 13.7. The van der Waals surface area contributed by atoms with Gasteiger partial charge in [0, 0.05) is 11.8 Å². The summed E-state index contributed by atoms with van der Waals surface area (Å²) in [5.41, 5.74) is 1.12. The summed E-state index contributed by atoms with van der Waals surface area (Å²) in [6, 6.07) is 16.5. The van der Waals surface area contributed by atoms with Crippen LogP contribution in [-0.2, 0) is 0 Å². The predicted octanol–water partition coefficient (Wildman–Crippen LogP) is 4.60. The molecule has 1 N–H and O–H groups in total. The maximum atomic E-state index is 12.5. The molecule has 0 unspecified atom stereocenters. The van der Waals surface area contributed by atoms with E-state index in [0.717, 1.165) is 23.1 Å². The van der Waals surface area contributed by atoms with Crippen LogP contribution in [0.1, 0.15) is 22.3 Å². The van der Waals surface area contributed by atoms with Gasteiger partial charge in [-0.15, -0.1) is 0 Å². The molecule has 0 saturated heterocycles. The minimum atomic E-state index is -0.250. The Hall–Kier alpha value is -3.27. The van der Waals surface area contributed by atoms with Crippen LogP contribution < -0.4 is 9.47 Å². The van der Waals surface area contributed by atoms with Gasteiger partial charge in [-0.2, -0.15) is 0 Å². The predicted molar refractivity (Wildman–Crippen MR) is 101 cm³/mol. The fraction of sp³-hybridized carbons (Fsp3) is 0.136. The number of carbonyl (C=O) groups excluding carboxylic acids is 1. The van der Waals surface area contributed by atoms with Gasteiger partial charge in [-0.3, -0.25) is 4.79 Å². The van der Waals surface area contributed by atoms with Crippen LogP contribution in [-0.4, -0.2) is 24.1 Å². The van der Waals surface area contributed by atoms with Crippen molar-refractivity contribution in [3.63, 3.8) is 0 Å². The molecular weight excluding hydrogens is 328 g/mol. The average molecular weight is 346 g/mol. The highest BCUT2D eigenvalue weighted by Crippen LogP contribution is 2.31. The molecule has 130 valence electrons. The first kappa shape index (κ1) is 16.2. The van der Waals surface area contributed by atoms with Crippen LogP contribution in [0, 0.1) is 0 Å². The third kappa shape index (κ3) is 3.14. The Balaban J connectivity index is 1.60. The van der Waals surface area contributed by atoms with Crippen molar-refractivity contribution < 1.29 is 19.4 Å². The number of ether oxygens (including phenoxy) is 2. The number of ketones is 1. The van der Waals surface area contributed by atoms with Gasteiger partial charge in [-0.1, -0.05) is 42.5 Å². The molecular formula is C22H18O4. The third-order valence-electron chi connectivity index (χ3n) is 4.36. The maximum Gasteiger partial charge on any atom is 0.189 e. The number of carbonyl (C=O) groups is 1. The third-order valence-corrected chi connectivity index (χ3v) is 4.36. The van der Waals surface area contributed by atoms with E-state index in [1.165, 1.54) is 6.08 Å². The number of phenolic OH excluding ortho intramolecular Hbond substituents is 1. The molecule has 0 bridgehead atoms. The zero-order valence-electron chi connectivity index (χ0n) is 14.1. The molecule has 3 aromatic rings. The van der Waals surface area contributed by atoms with Crippen molar-refractivity contribution in [1.29, 1.82) is 0 Å². The van der Waals surface area contributed by atoms with Crippen LogP contribution >= 0.6 is 0 Å². The molecule has 0 atom stereocenters. The molecule has 26 heavy (non-hydrogen) atoms. The Morgan fingerprint density at radius 1 is 0.962 bits per heavy atom. The van der Waals surface area contributed by atoms with Crippen LogP contribution in [0.25, 0.3) is 16.8 Å². The molecule has 1 aliphatic heterocycles. The fourth-order valence-electron chi connectivity index (χ4n) is 3.00. The highest BCUT2D eigenvalue weighted by atomic mass is 16.5. The standard InChI is InChI=1S/C22H18O4/c23-19(18-9-8-16-4-1-2-5-17(16)22(18)24)10-6-15-7-11-20-21(14-15)26-13-3-12-25-20/h1-2,4-11,14,24H,3,12-13H2/b10-6+. The van der Waals surface area contributed by atoms with E-state index in [2.05, 4.69) is 0 Å². The first-order chi connectivity index (χ1) is 12.7. The lowest BCUT2D eigenvalue weighted by atomic mass is 10.0. The summed E-state index contributed by atoms with van der Waals surface area (Å²) >= 11 is 0. The highest BCUT2D eigenvalue weighted by Gasteiger charge is 2.12. The van der Waals surface area contributed by atoms with Crippen LogP contribution in [0.15, 0.2) is 60.7 Å². The summed E-state index contributed by atoms with van der Waals surface area (Å²) in [5, 5.41) is 12.0. The van der Waals surface area contributed by atoms with E-state index in [0.29, 0.717) is 24.3 Å². The van der Waals surface area contributed by atoms with Gasteiger partial charge in [-0.05, 0) is 35.2 Å². The summed E-state index contributed by atoms with van der Waals surface area (Å²) in [6.07, 6.45) is 4.02. The number of aromatic hydroxyl groups is 1. The van der Waals surface area contributed by atoms with Crippen molar-refractivity contribution in [2.24, 2.45) is 0 Å². The van der Waals surface area contributed by atoms with E-state index >= 15 is 0 Å². The zero-order valence-corrected chi connectivity index (χ0v) is 14.1. The largest absolute Gasteiger partial charge is 0.507 e. The lowest BCUT2D eigenvalue weighted by Gasteiger charge is -2.07. The van der Waals surface area contributed by atoms with Crippen molar-refractivity contribution in [3.05, 3.63) is 71.8 Å². The van der Waals surface area contributed by atoms with E-state index in [1.807, 2.05) is 42.5 Å². The Morgan fingerprint density at radius 3 is 2.65 bits per heavy atom. The molecule has 4 heteroatoms. The van der Waals surface area contributed by atoms with Crippen molar-refractivity contribution in [2.75, 3.05) is 13.2 Å². The van der Waals surface area contributed by atoms with Crippen LogP contribution in [0.4, 0.5) is 0 Å². The van der Waals surface area contributed by atoms with Crippen molar-refractivity contribution in [2.45, 2.75) is 6.42 Å². The summed E-state index contributed by atoms with van der Waals surface area (Å²) in [7, 11) is 0. The van der Waals surface area contributed by atoms with Gasteiger partial charge in [-0.25, -0.2) is 0 Å². The molecule has 0 aromatic heterocycles. The fourth-order valence-corrected chi connectivity index (χ4v) is 3.00. The van der Waals surface area contributed by atoms with E-state index < -0.39 is 0 Å². The summed E-state index contributed by atoms with van der Waals surface area (Å²) in [5.74, 6) is 1.17. The second-order valence-corrected chi connectivity index (χ2v) is 6.14. The van der Waals surface area contributed by atoms with E-state index in [-0.39, 0.29) is 17.1 Å². The Morgan fingerprint density at radius 2 is 1.77 bits per heavy atom. The molecule has 0 saturated carbocycles. The minimum Gasteiger partial charge on any atom is -0.507 e. The lowest BCUT2D eigenvalue weighted by Crippen LogP contribution is -1.97. The van der Waals surface area contributed by atoms with Gasteiger partial charge >= 0.3 is 0 Å². The number of allylic oxidation sites excluding steroid dienone is 1. The Kier molecular flexibility index (Phi) is 4.32. The first-order valence-corrected chi connectivity index (χ1v) is 8.55. The number of hydrogen-bond donors (Lipinski definition) is 1. The maximum absolute atomic E-state index is 12.5. The van der Waals surface area contributed by atoms with E-state index in [9.17, 15) is 9.90 Å². The van der Waals surface area contributed by atoms with Crippen LogP contribution in [0.5, 0.6) is 17.2 Å². The monoisotopic (exact) mass is 346 g/mol. The average Bonchev–Trinajstić information content (AvgIpc) is 2.91. The number of benzene rings is 3. The molecule has 0 amide bonds. The molecule has 0 spiro atoms. The molecule has 0 fully saturated rings. The van der Waals surface area contributed by atoms with Gasteiger partial charge in [0.25, 0.3) is 0 Å². The molecule has 4 rings (SSSR count). The number of hydrogen-bond acceptors (Lipinski definition) is 4. The van der Waals surface area contributed by atoms with Crippen molar-refractivity contribution >= 4 is 22.6 Å². The van der Waals surface area contributed by atoms with Crippen LogP contribution in [0.3, 0.4) is 0 Å². The zero-order chi connectivity index (χ0) is 17.9. The Bertz CT molecular complexity index is 1000. The molecule has 1 heterocycles. The van der Waals surface area contributed by atoms with Crippen LogP contribution in [0.2, 0.25) is 0 Å². The summed E-state index contributed by atoms with van der Waals surface area (Å²) < 4.78 is 11.3. The number of fused-ring (bicyclic) bond motifs is 2. The van der Waals surface area contributed by atoms with Gasteiger partial charge in [0.1, 0.15) is 5.75 Å². The van der Waals surface area contributed by atoms with Crippen molar-refractivity contribution in [1.82, 2.24) is 0 Å². The Labute approximate surface area is 151 Å². The minimum absolute atomic E-state index is 0.0106. The molecule has 3 aromatic carbocycles. The topological polar surface area (TPSA) is 55.8 Å². The quantitative estimate of drug-likeness (QED) is 0.556. The van der Waals surface area contributed by atoms with E-state index in [4.69, 9.17) is 9.47 Å². The smallest absolute Gasteiger partial charge is 0.189 e. The summed E-state index contributed by atoms with van der Waals surface area (Å²) in [6.45, 7) is 1.26. The van der Waals surface area contributed by atoms with Gasteiger partial charge in [0.15, 0.2) is 17.3 Å². The van der Waals surface area contributed by atoms with Crippen molar-refractivity contribution in [3.8, 4) is 17.2 Å². The van der Waals surface area contributed by atoms with E-state index in [1.54, 1.807) is 18.2 Å². The number of rotatable bonds is 3. The second-order valence-electron chi connectivity index (χ2n) is 6.14. The van der Waals surface area contributed by atoms with Gasteiger partial charge < -0.3 is 14.6 Å². The molecule has 1 aliphatic rings. The molecule has 0 radical (unpaired) electrons. The first-order valence-electron chi connectivity index (χ1n) is 8.55. The van der Waals surface area contributed by atoms with Gasteiger partial charge in [0.05, 0.1) is 18.8 Å². The molecule has 4 nitrogen and oxygen atoms in total. The second kappa shape index (κ2) is 6.92. The summed E-state index contributed by atoms with van der Waals surface area (Å²) in [4.78, 5) is 12.5. The SMILES string of the molecule is O=C(/C=C/c1ccc2c(c1)OCCCO2)c1ccc2ccccc2c1O. The van der Waals surface area contributed by atoms with Gasteiger partial charge in [0.2, 0.25) is 0 Å². The number of phenols is 1. The highest BCUT2D eigenvalue weighted by molar-refractivity contribution is 6.11. The molecule has 0 aliphatic carbocycles. The lowest BCUT2D eigenvalue weighted by molar-refractivity contribution is 0.104.